The Labute approximate surface area is 99.1 Å². The Morgan fingerprint density at radius 2 is 1.71 bits per heavy atom. The molecule has 0 unspecified atom stereocenters. The summed E-state index contributed by atoms with van der Waals surface area (Å²) in [6, 6.07) is 11.6. The lowest BCUT2D eigenvalue weighted by Crippen LogP contribution is -2.18. The highest BCUT2D eigenvalue weighted by Gasteiger charge is 2.09. The molecule has 4 nitrogen and oxygen atoms in total. The van der Waals surface area contributed by atoms with Gasteiger partial charge in [0.05, 0.1) is 4.90 Å². The number of benzene rings is 1. The third-order valence-electron chi connectivity index (χ3n) is 2.35. The number of nitrogens with zero attached hydrogens (tertiary/aromatic N) is 1. The average molecular weight is 249 g/mol. The molecule has 0 saturated carbocycles. The molecular weight excluding hydrogens is 238 g/mol. The van der Waals surface area contributed by atoms with Crippen molar-refractivity contribution in [2.45, 2.75) is 4.90 Å². The molecule has 2 rings (SSSR count). The summed E-state index contributed by atoms with van der Waals surface area (Å²) in [5.41, 5.74) is 0.344. The van der Waals surface area contributed by atoms with Crippen LogP contribution in [0.1, 0.15) is 0 Å². The van der Waals surface area contributed by atoms with E-state index in [0.29, 0.717) is 5.69 Å². The Balaban J connectivity index is 2.58. The van der Waals surface area contributed by atoms with Crippen LogP contribution in [-0.2, 0) is 9.84 Å². The molecule has 0 aliphatic carbocycles. The van der Waals surface area contributed by atoms with Crippen molar-refractivity contribution >= 4 is 9.84 Å². The third-order valence-corrected chi connectivity index (χ3v) is 3.46. The van der Waals surface area contributed by atoms with Crippen molar-refractivity contribution in [3.63, 3.8) is 0 Å². The zero-order valence-corrected chi connectivity index (χ0v) is 10.0. The topological polar surface area (TPSA) is 56.1 Å². The van der Waals surface area contributed by atoms with Crippen LogP contribution >= 0.6 is 0 Å². The summed E-state index contributed by atoms with van der Waals surface area (Å²) in [5.74, 6) is 0. The fourth-order valence-electron chi connectivity index (χ4n) is 1.49. The fourth-order valence-corrected chi connectivity index (χ4v) is 2.12. The summed E-state index contributed by atoms with van der Waals surface area (Å²) in [4.78, 5) is 11.8. The van der Waals surface area contributed by atoms with Crippen molar-refractivity contribution < 1.29 is 8.42 Å². The number of para-hydroxylation sites is 1. The van der Waals surface area contributed by atoms with Gasteiger partial charge in [0.25, 0.3) is 5.56 Å². The number of hydrogen-bond donors (Lipinski definition) is 0. The van der Waals surface area contributed by atoms with Gasteiger partial charge in [-0.3, -0.25) is 9.36 Å². The second-order valence-electron chi connectivity index (χ2n) is 3.68. The van der Waals surface area contributed by atoms with Crippen molar-refractivity contribution in [3.8, 4) is 5.69 Å². The second kappa shape index (κ2) is 4.18. The molecule has 1 heterocycles. The molecule has 0 radical (unpaired) electrons. The van der Waals surface area contributed by atoms with Gasteiger partial charge < -0.3 is 0 Å². The predicted octanol–water partition coefficient (Wildman–Crippen LogP) is 1.24. The smallest absolute Gasteiger partial charge is 0.256 e. The number of aromatic nitrogens is 1. The van der Waals surface area contributed by atoms with E-state index in [-0.39, 0.29) is 10.5 Å². The molecule has 1 aromatic heterocycles. The van der Waals surface area contributed by atoms with Crippen LogP contribution in [0.25, 0.3) is 5.69 Å². The first-order valence-electron chi connectivity index (χ1n) is 4.97. The average Bonchev–Trinajstić information content (AvgIpc) is 2.29. The first-order chi connectivity index (χ1) is 7.98. The summed E-state index contributed by atoms with van der Waals surface area (Å²) in [5, 5.41) is 0. The van der Waals surface area contributed by atoms with Gasteiger partial charge in [-0.05, 0) is 18.2 Å². The van der Waals surface area contributed by atoms with Gasteiger partial charge in [0.15, 0.2) is 9.84 Å². The quantitative estimate of drug-likeness (QED) is 0.804. The first kappa shape index (κ1) is 11.6. The maximum absolute atomic E-state index is 11.8. The predicted molar refractivity (Wildman–Crippen MR) is 65.1 cm³/mol. The van der Waals surface area contributed by atoms with Crippen LogP contribution < -0.4 is 5.56 Å². The van der Waals surface area contributed by atoms with E-state index in [1.165, 1.54) is 16.8 Å². The standard InChI is InChI=1S/C12H11NO3S/c1-17(15,16)11-7-8-13(12(14)9-11)10-5-3-2-4-6-10/h2-9H,1H3. The zero-order chi connectivity index (χ0) is 12.5. The lowest BCUT2D eigenvalue weighted by molar-refractivity contribution is 0.601. The Bertz CT molecular complexity index is 687. The summed E-state index contributed by atoms with van der Waals surface area (Å²) in [6.45, 7) is 0. The molecule has 0 N–H and O–H groups in total. The lowest BCUT2D eigenvalue weighted by atomic mass is 10.3. The number of rotatable bonds is 2. The van der Waals surface area contributed by atoms with Gasteiger partial charge in [0, 0.05) is 24.2 Å². The molecule has 0 spiro atoms. The van der Waals surface area contributed by atoms with E-state index in [9.17, 15) is 13.2 Å². The lowest BCUT2D eigenvalue weighted by Gasteiger charge is -2.05. The van der Waals surface area contributed by atoms with E-state index in [4.69, 9.17) is 0 Å². The minimum atomic E-state index is -3.34. The van der Waals surface area contributed by atoms with Gasteiger partial charge in [0.2, 0.25) is 0 Å². The maximum Gasteiger partial charge on any atom is 0.256 e. The summed E-state index contributed by atoms with van der Waals surface area (Å²) < 4.78 is 24.0. The van der Waals surface area contributed by atoms with Crippen molar-refractivity contribution in [1.82, 2.24) is 4.57 Å². The Morgan fingerprint density at radius 3 is 2.24 bits per heavy atom. The van der Waals surface area contributed by atoms with Crippen molar-refractivity contribution in [1.29, 1.82) is 0 Å². The molecule has 17 heavy (non-hydrogen) atoms. The van der Waals surface area contributed by atoms with Gasteiger partial charge in [-0.1, -0.05) is 18.2 Å². The number of pyridine rings is 1. The third kappa shape index (κ3) is 2.45. The highest BCUT2D eigenvalue weighted by Crippen LogP contribution is 2.08. The van der Waals surface area contributed by atoms with E-state index in [0.717, 1.165) is 12.3 Å². The number of sulfone groups is 1. The summed E-state index contributed by atoms with van der Waals surface area (Å²) in [6.07, 6.45) is 2.54. The molecule has 88 valence electrons. The van der Waals surface area contributed by atoms with Gasteiger partial charge >= 0.3 is 0 Å². The monoisotopic (exact) mass is 249 g/mol. The van der Waals surface area contributed by atoms with Crippen molar-refractivity contribution in [3.05, 3.63) is 59.0 Å². The maximum atomic E-state index is 11.8. The Hall–Kier alpha value is -1.88. The molecule has 2 aromatic rings. The van der Waals surface area contributed by atoms with E-state index in [1.54, 1.807) is 12.1 Å². The molecule has 0 saturated heterocycles. The highest BCUT2D eigenvalue weighted by molar-refractivity contribution is 7.90. The molecule has 0 fully saturated rings. The van der Waals surface area contributed by atoms with Crippen LogP contribution in [0.5, 0.6) is 0 Å². The molecular formula is C12H11NO3S. The van der Waals surface area contributed by atoms with E-state index < -0.39 is 9.84 Å². The Morgan fingerprint density at radius 1 is 1.06 bits per heavy atom. The van der Waals surface area contributed by atoms with E-state index in [2.05, 4.69) is 0 Å². The van der Waals surface area contributed by atoms with Crippen LogP contribution in [0, 0.1) is 0 Å². The minimum absolute atomic E-state index is 0.0367. The molecule has 0 aliphatic rings. The molecule has 5 heteroatoms. The largest absolute Gasteiger partial charge is 0.284 e. The molecule has 0 atom stereocenters. The molecule has 0 amide bonds. The SMILES string of the molecule is CS(=O)(=O)c1ccn(-c2ccccc2)c(=O)c1. The van der Waals surface area contributed by atoms with E-state index >= 15 is 0 Å². The van der Waals surface area contributed by atoms with Gasteiger partial charge in [-0.2, -0.15) is 0 Å². The fraction of sp³-hybridized carbons (Fsp3) is 0.0833. The second-order valence-corrected chi connectivity index (χ2v) is 5.69. The van der Waals surface area contributed by atoms with E-state index in [1.807, 2.05) is 18.2 Å². The van der Waals surface area contributed by atoms with Crippen LogP contribution in [0.15, 0.2) is 58.4 Å². The van der Waals surface area contributed by atoms with Crippen LogP contribution in [0.2, 0.25) is 0 Å². The van der Waals surface area contributed by atoms with Crippen LogP contribution in [0.4, 0.5) is 0 Å². The number of hydrogen-bond acceptors (Lipinski definition) is 3. The highest BCUT2D eigenvalue weighted by atomic mass is 32.2. The molecule has 0 aliphatic heterocycles. The zero-order valence-electron chi connectivity index (χ0n) is 9.20. The molecule has 0 bridgehead atoms. The van der Waals surface area contributed by atoms with Crippen molar-refractivity contribution in [2.24, 2.45) is 0 Å². The molecule has 1 aromatic carbocycles. The van der Waals surface area contributed by atoms with Gasteiger partial charge in [-0.25, -0.2) is 8.42 Å². The first-order valence-corrected chi connectivity index (χ1v) is 6.86. The summed E-state index contributed by atoms with van der Waals surface area (Å²) >= 11 is 0. The normalized spacial score (nSPS) is 11.4. The minimum Gasteiger partial charge on any atom is -0.284 e. The Kier molecular flexibility index (Phi) is 2.85. The van der Waals surface area contributed by atoms with Crippen LogP contribution in [0.3, 0.4) is 0 Å². The van der Waals surface area contributed by atoms with Crippen molar-refractivity contribution in [2.75, 3.05) is 6.26 Å². The van der Waals surface area contributed by atoms with Gasteiger partial charge in [-0.15, -0.1) is 0 Å². The van der Waals surface area contributed by atoms with Gasteiger partial charge in [0.1, 0.15) is 0 Å². The summed E-state index contributed by atoms with van der Waals surface area (Å²) in [7, 11) is -3.34. The van der Waals surface area contributed by atoms with Crippen LogP contribution in [-0.4, -0.2) is 19.2 Å².